The zero-order chi connectivity index (χ0) is 17.4. The van der Waals surface area contributed by atoms with E-state index in [9.17, 15) is 18.8 Å². The molecule has 1 aliphatic heterocycles. The lowest BCUT2D eigenvalue weighted by Crippen LogP contribution is -2.51. The maximum atomic E-state index is 13.3. The molecule has 24 heavy (non-hydrogen) atoms. The minimum absolute atomic E-state index is 0.104. The molecule has 1 fully saturated rings. The molecule has 1 unspecified atom stereocenters. The Balaban J connectivity index is 2.02. The number of carboxylic acids is 1. The molecule has 1 saturated heterocycles. The summed E-state index contributed by atoms with van der Waals surface area (Å²) in [5, 5.41) is 9.51. The van der Waals surface area contributed by atoms with Gasteiger partial charge in [0.2, 0.25) is 5.56 Å². The van der Waals surface area contributed by atoms with Crippen LogP contribution in [0.3, 0.4) is 0 Å². The number of ether oxygens (including phenoxy) is 1. The van der Waals surface area contributed by atoms with E-state index in [1.54, 1.807) is 6.92 Å². The number of rotatable bonds is 2. The molecule has 3 rings (SSSR count). The number of carbonyl (C=O) groups is 2. The van der Waals surface area contributed by atoms with Gasteiger partial charge in [-0.1, -0.05) is 0 Å². The quantitative estimate of drug-likeness (QED) is 0.853. The van der Waals surface area contributed by atoms with Gasteiger partial charge >= 0.3 is 5.97 Å². The highest BCUT2D eigenvalue weighted by molar-refractivity contribution is 6.06. The largest absolute Gasteiger partial charge is 0.479 e. The van der Waals surface area contributed by atoms with Crippen molar-refractivity contribution >= 4 is 22.8 Å². The number of aromatic amines is 1. The Morgan fingerprint density at radius 2 is 2.08 bits per heavy atom. The first-order chi connectivity index (χ1) is 11.3. The summed E-state index contributed by atoms with van der Waals surface area (Å²) in [5.41, 5.74) is -0.221. The monoisotopic (exact) mass is 334 g/mol. The number of hydrogen-bond acceptors (Lipinski definition) is 4. The van der Waals surface area contributed by atoms with Crippen LogP contribution in [-0.4, -0.2) is 52.2 Å². The summed E-state index contributed by atoms with van der Waals surface area (Å²) < 4.78 is 18.6. The van der Waals surface area contributed by atoms with E-state index in [1.165, 1.54) is 17.0 Å². The number of benzene rings is 1. The SMILES string of the molecule is C[C@@H]1CN(C(=O)c2cc(=O)[nH]c3cc(F)ccc23)CC(C(=O)O)O1. The number of nitrogens with zero attached hydrogens (tertiary/aromatic N) is 1. The lowest BCUT2D eigenvalue weighted by molar-refractivity contribution is -0.160. The van der Waals surface area contributed by atoms with Gasteiger partial charge < -0.3 is 19.7 Å². The van der Waals surface area contributed by atoms with Gasteiger partial charge in [0.05, 0.1) is 23.7 Å². The van der Waals surface area contributed by atoms with Gasteiger partial charge in [-0.05, 0) is 25.1 Å². The highest BCUT2D eigenvalue weighted by Crippen LogP contribution is 2.20. The molecule has 2 N–H and O–H groups in total. The molecule has 1 aromatic heterocycles. The van der Waals surface area contributed by atoms with E-state index in [0.29, 0.717) is 5.39 Å². The summed E-state index contributed by atoms with van der Waals surface area (Å²) in [7, 11) is 0. The van der Waals surface area contributed by atoms with Crippen molar-refractivity contribution in [3.05, 3.63) is 46.0 Å². The third-order valence-corrected chi connectivity index (χ3v) is 3.86. The molecule has 1 aliphatic rings. The van der Waals surface area contributed by atoms with E-state index in [1.807, 2.05) is 0 Å². The normalized spacial score (nSPS) is 21.0. The van der Waals surface area contributed by atoms with Crippen molar-refractivity contribution in [3.8, 4) is 0 Å². The molecule has 0 aliphatic carbocycles. The van der Waals surface area contributed by atoms with Gasteiger partial charge in [-0.3, -0.25) is 9.59 Å². The predicted octanol–water partition coefficient (Wildman–Crippen LogP) is 0.981. The number of aromatic nitrogens is 1. The van der Waals surface area contributed by atoms with Crippen molar-refractivity contribution < 1.29 is 23.8 Å². The second-order valence-corrected chi connectivity index (χ2v) is 5.72. The maximum absolute atomic E-state index is 13.3. The van der Waals surface area contributed by atoms with Gasteiger partial charge in [-0.15, -0.1) is 0 Å². The van der Waals surface area contributed by atoms with Crippen LogP contribution >= 0.6 is 0 Å². The number of carboxylic acid groups (broad SMARTS) is 1. The molecule has 2 heterocycles. The summed E-state index contributed by atoms with van der Waals surface area (Å²) in [6.45, 7) is 1.76. The van der Waals surface area contributed by atoms with E-state index in [-0.39, 0.29) is 24.2 Å². The highest BCUT2D eigenvalue weighted by atomic mass is 19.1. The molecule has 1 aromatic carbocycles. The van der Waals surface area contributed by atoms with Crippen molar-refractivity contribution in [1.82, 2.24) is 9.88 Å². The van der Waals surface area contributed by atoms with Crippen LogP contribution in [0.2, 0.25) is 0 Å². The van der Waals surface area contributed by atoms with Crippen molar-refractivity contribution in [2.45, 2.75) is 19.1 Å². The minimum Gasteiger partial charge on any atom is -0.479 e. The Bertz CT molecular complexity index is 878. The number of nitrogens with one attached hydrogen (secondary N) is 1. The number of amides is 1. The molecular formula is C16H15FN2O5. The molecule has 8 heteroatoms. The van der Waals surface area contributed by atoms with E-state index < -0.39 is 35.5 Å². The number of aliphatic carboxylic acids is 1. The van der Waals surface area contributed by atoms with Gasteiger partial charge in [-0.25, -0.2) is 9.18 Å². The van der Waals surface area contributed by atoms with E-state index >= 15 is 0 Å². The number of H-pyrrole nitrogens is 1. The Hall–Kier alpha value is -2.74. The Kier molecular flexibility index (Phi) is 4.06. The summed E-state index contributed by atoms with van der Waals surface area (Å²) in [6, 6.07) is 4.87. The van der Waals surface area contributed by atoms with Crippen LogP contribution in [-0.2, 0) is 9.53 Å². The standard InChI is InChI=1S/C16H15FN2O5/c1-8-6-19(7-13(24-8)16(22)23)15(21)11-5-14(20)18-12-4-9(17)2-3-10(11)12/h2-5,8,13H,6-7H2,1H3,(H,18,20)(H,22,23)/t8-,13?/m1/s1. The first kappa shape index (κ1) is 16.1. The van der Waals surface area contributed by atoms with Crippen LogP contribution in [0.5, 0.6) is 0 Å². The average Bonchev–Trinajstić information content (AvgIpc) is 2.52. The lowest BCUT2D eigenvalue weighted by Gasteiger charge is -2.35. The van der Waals surface area contributed by atoms with E-state index in [4.69, 9.17) is 9.84 Å². The van der Waals surface area contributed by atoms with Gasteiger partial charge in [0.1, 0.15) is 5.82 Å². The zero-order valence-electron chi connectivity index (χ0n) is 12.8. The van der Waals surface area contributed by atoms with Crippen LogP contribution in [0.4, 0.5) is 4.39 Å². The summed E-state index contributed by atoms with van der Waals surface area (Å²) in [4.78, 5) is 39.5. The van der Waals surface area contributed by atoms with Crippen molar-refractivity contribution in [2.75, 3.05) is 13.1 Å². The van der Waals surface area contributed by atoms with Gasteiger partial charge in [-0.2, -0.15) is 0 Å². The summed E-state index contributed by atoms with van der Waals surface area (Å²) >= 11 is 0. The molecule has 2 aromatic rings. The van der Waals surface area contributed by atoms with Crippen LogP contribution in [0, 0.1) is 5.82 Å². The summed E-state index contributed by atoms with van der Waals surface area (Å²) in [5.74, 6) is -2.18. The number of pyridine rings is 1. The number of carbonyl (C=O) groups excluding carboxylic acids is 1. The molecule has 0 bridgehead atoms. The smallest absolute Gasteiger partial charge is 0.334 e. The number of fused-ring (bicyclic) bond motifs is 1. The number of halogens is 1. The maximum Gasteiger partial charge on any atom is 0.334 e. The third-order valence-electron chi connectivity index (χ3n) is 3.86. The lowest BCUT2D eigenvalue weighted by atomic mass is 10.1. The Morgan fingerprint density at radius 1 is 1.33 bits per heavy atom. The Labute approximate surface area is 135 Å². The van der Waals surface area contributed by atoms with Crippen LogP contribution < -0.4 is 5.56 Å². The number of morpholine rings is 1. The fourth-order valence-corrected chi connectivity index (χ4v) is 2.83. The topological polar surface area (TPSA) is 99.7 Å². The molecule has 0 spiro atoms. The van der Waals surface area contributed by atoms with Crippen molar-refractivity contribution in [3.63, 3.8) is 0 Å². The van der Waals surface area contributed by atoms with Gasteiger partial charge in [0, 0.05) is 18.0 Å². The van der Waals surface area contributed by atoms with Gasteiger partial charge in [0.15, 0.2) is 6.10 Å². The molecule has 126 valence electrons. The second kappa shape index (κ2) is 6.04. The zero-order valence-corrected chi connectivity index (χ0v) is 12.8. The molecular weight excluding hydrogens is 319 g/mol. The molecule has 2 atom stereocenters. The first-order valence-electron chi connectivity index (χ1n) is 7.35. The highest BCUT2D eigenvalue weighted by Gasteiger charge is 2.33. The van der Waals surface area contributed by atoms with E-state index in [2.05, 4.69) is 4.98 Å². The van der Waals surface area contributed by atoms with E-state index in [0.717, 1.165) is 12.1 Å². The molecule has 0 radical (unpaired) electrons. The first-order valence-corrected chi connectivity index (χ1v) is 7.35. The Morgan fingerprint density at radius 3 is 2.79 bits per heavy atom. The van der Waals surface area contributed by atoms with Crippen molar-refractivity contribution in [1.29, 1.82) is 0 Å². The average molecular weight is 334 g/mol. The molecule has 0 saturated carbocycles. The fourth-order valence-electron chi connectivity index (χ4n) is 2.83. The minimum atomic E-state index is -1.16. The van der Waals surface area contributed by atoms with Crippen LogP contribution in [0.15, 0.2) is 29.1 Å². The number of hydrogen-bond donors (Lipinski definition) is 2. The molecule has 1 amide bonds. The van der Waals surface area contributed by atoms with Gasteiger partial charge in [0.25, 0.3) is 5.91 Å². The third kappa shape index (κ3) is 3.00. The second-order valence-electron chi connectivity index (χ2n) is 5.72. The van der Waals surface area contributed by atoms with Crippen LogP contribution in [0.25, 0.3) is 10.9 Å². The predicted molar refractivity (Wildman–Crippen MR) is 82.4 cm³/mol. The molecule has 7 nitrogen and oxygen atoms in total. The van der Waals surface area contributed by atoms with Crippen molar-refractivity contribution in [2.24, 2.45) is 0 Å². The van der Waals surface area contributed by atoms with Crippen LogP contribution in [0.1, 0.15) is 17.3 Å². The summed E-state index contributed by atoms with van der Waals surface area (Å²) in [6.07, 6.45) is -1.57. The fraction of sp³-hybridized carbons (Fsp3) is 0.312.